The maximum Gasteiger partial charge on any atom is 0.271 e. The van der Waals surface area contributed by atoms with Crippen LogP contribution in [0.25, 0.3) is 0 Å². The summed E-state index contributed by atoms with van der Waals surface area (Å²) in [6.07, 6.45) is 1.29. The Morgan fingerprint density at radius 2 is 1.78 bits per heavy atom. The molecule has 0 aromatic heterocycles. The van der Waals surface area contributed by atoms with Crippen molar-refractivity contribution in [2.45, 2.75) is 13.8 Å². The lowest BCUT2D eigenvalue weighted by Gasteiger charge is -2.20. The summed E-state index contributed by atoms with van der Waals surface area (Å²) in [7, 11) is 0. The first kappa shape index (κ1) is 16.7. The fraction of sp³-hybridized carbons (Fsp3) is 0.222. The third kappa shape index (κ3) is 4.39. The van der Waals surface area contributed by atoms with Crippen LogP contribution in [0.2, 0.25) is 0 Å². The Bertz CT molecular complexity index is 679. The van der Waals surface area contributed by atoms with Crippen molar-refractivity contribution >= 4 is 17.8 Å². The van der Waals surface area contributed by atoms with Crippen molar-refractivity contribution in [2.24, 2.45) is 5.10 Å². The fourth-order valence-corrected chi connectivity index (χ4v) is 2.22. The molecule has 4 nitrogen and oxygen atoms in total. The standard InChI is InChI=1S/C18H20FN3O/c1-3-22(4-2)16-11-9-14(10-12-16)18(23)21-20-13-15-7-5-6-8-17(15)19/h5-13H,3-4H2,1-2H3,(H,21,23)/b20-13-. The second-order valence-electron chi connectivity index (χ2n) is 4.94. The van der Waals surface area contributed by atoms with Crippen LogP contribution in [0.15, 0.2) is 53.6 Å². The van der Waals surface area contributed by atoms with Gasteiger partial charge in [-0.2, -0.15) is 5.10 Å². The summed E-state index contributed by atoms with van der Waals surface area (Å²) in [6, 6.07) is 13.5. The van der Waals surface area contributed by atoms with Crippen LogP contribution in [0.3, 0.4) is 0 Å². The molecule has 0 atom stereocenters. The number of nitrogens with zero attached hydrogens (tertiary/aromatic N) is 2. The van der Waals surface area contributed by atoms with Gasteiger partial charge in [-0.15, -0.1) is 0 Å². The number of carbonyl (C=O) groups is 1. The molecular weight excluding hydrogens is 293 g/mol. The zero-order valence-corrected chi connectivity index (χ0v) is 13.3. The third-order valence-corrected chi connectivity index (χ3v) is 3.53. The van der Waals surface area contributed by atoms with E-state index in [2.05, 4.69) is 29.3 Å². The summed E-state index contributed by atoms with van der Waals surface area (Å²) in [5.74, 6) is -0.710. The van der Waals surface area contributed by atoms with Gasteiger partial charge in [0.15, 0.2) is 0 Å². The predicted molar refractivity (Wildman–Crippen MR) is 91.5 cm³/mol. The van der Waals surface area contributed by atoms with Crippen LogP contribution >= 0.6 is 0 Å². The Morgan fingerprint density at radius 3 is 2.39 bits per heavy atom. The molecule has 0 bridgehead atoms. The van der Waals surface area contributed by atoms with Gasteiger partial charge in [0.2, 0.25) is 0 Å². The molecule has 0 saturated carbocycles. The minimum Gasteiger partial charge on any atom is -0.372 e. The molecule has 1 N–H and O–H groups in total. The number of amides is 1. The van der Waals surface area contributed by atoms with E-state index in [9.17, 15) is 9.18 Å². The summed E-state index contributed by atoms with van der Waals surface area (Å²) in [5, 5.41) is 3.79. The van der Waals surface area contributed by atoms with E-state index in [0.29, 0.717) is 11.1 Å². The number of hydrazone groups is 1. The van der Waals surface area contributed by atoms with E-state index in [0.717, 1.165) is 18.8 Å². The number of hydrogen-bond donors (Lipinski definition) is 1. The monoisotopic (exact) mass is 313 g/mol. The molecule has 0 spiro atoms. The molecule has 0 saturated heterocycles. The minimum atomic E-state index is -0.380. The highest BCUT2D eigenvalue weighted by atomic mass is 19.1. The predicted octanol–water partition coefficient (Wildman–Crippen LogP) is 3.44. The molecule has 2 aromatic carbocycles. The topological polar surface area (TPSA) is 44.7 Å². The van der Waals surface area contributed by atoms with Gasteiger partial charge in [-0.25, -0.2) is 9.82 Å². The maximum absolute atomic E-state index is 13.4. The molecular formula is C18H20FN3O. The van der Waals surface area contributed by atoms with E-state index < -0.39 is 0 Å². The molecule has 0 aliphatic heterocycles. The van der Waals surface area contributed by atoms with Gasteiger partial charge in [0.1, 0.15) is 5.82 Å². The Labute approximate surface area is 135 Å². The molecule has 0 aliphatic rings. The van der Waals surface area contributed by atoms with E-state index in [1.807, 2.05) is 12.1 Å². The number of hydrogen-bond acceptors (Lipinski definition) is 3. The molecule has 120 valence electrons. The van der Waals surface area contributed by atoms with Gasteiger partial charge in [-0.1, -0.05) is 18.2 Å². The van der Waals surface area contributed by atoms with Crippen molar-refractivity contribution in [3.05, 3.63) is 65.5 Å². The van der Waals surface area contributed by atoms with Crippen LogP contribution in [-0.4, -0.2) is 25.2 Å². The summed E-state index contributed by atoms with van der Waals surface area (Å²) in [5.41, 5.74) is 4.30. The van der Waals surface area contributed by atoms with E-state index >= 15 is 0 Å². The lowest BCUT2D eigenvalue weighted by molar-refractivity contribution is 0.0955. The first-order valence-electron chi connectivity index (χ1n) is 7.58. The summed E-state index contributed by atoms with van der Waals surface area (Å²) in [4.78, 5) is 14.2. The molecule has 5 heteroatoms. The largest absolute Gasteiger partial charge is 0.372 e. The molecule has 0 aliphatic carbocycles. The molecule has 0 fully saturated rings. The van der Waals surface area contributed by atoms with Crippen molar-refractivity contribution in [3.63, 3.8) is 0 Å². The number of anilines is 1. The Balaban J connectivity index is 2.00. The van der Waals surface area contributed by atoms with Gasteiger partial charge in [-0.3, -0.25) is 4.79 Å². The van der Waals surface area contributed by atoms with Crippen LogP contribution in [0, 0.1) is 5.82 Å². The van der Waals surface area contributed by atoms with Crippen LogP contribution in [0.1, 0.15) is 29.8 Å². The highest BCUT2D eigenvalue weighted by molar-refractivity contribution is 5.95. The van der Waals surface area contributed by atoms with E-state index in [1.165, 1.54) is 12.3 Å². The number of nitrogens with one attached hydrogen (secondary N) is 1. The Morgan fingerprint density at radius 1 is 1.13 bits per heavy atom. The molecule has 2 rings (SSSR count). The summed E-state index contributed by atoms with van der Waals surface area (Å²) in [6.45, 7) is 5.99. The number of carbonyl (C=O) groups excluding carboxylic acids is 1. The van der Waals surface area contributed by atoms with Gasteiger partial charge < -0.3 is 4.90 Å². The third-order valence-electron chi connectivity index (χ3n) is 3.53. The Kier molecular flexibility index (Phi) is 5.86. The van der Waals surface area contributed by atoms with Crippen molar-refractivity contribution < 1.29 is 9.18 Å². The van der Waals surface area contributed by atoms with Crippen LogP contribution in [-0.2, 0) is 0 Å². The lowest BCUT2D eigenvalue weighted by atomic mass is 10.2. The number of halogens is 1. The average Bonchev–Trinajstić information content (AvgIpc) is 2.58. The average molecular weight is 313 g/mol. The van der Waals surface area contributed by atoms with Gasteiger partial charge in [0.05, 0.1) is 6.21 Å². The smallest absolute Gasteiger partial charge is 0.271 e. The fourth-order valence-electron chi connectivity index (χ4n) is 2.22. The van der Waals surface area contributed by atoms with Crippen LogP contribution in [0.4, 0.5) is 10.1 Å². The lowest BCUT2D eigenvalue weighted by Crippen LogP contribution is -2.22. The number of benzene rings is 2. The van der Waals surface area contributed by atoms with Gasteiger partial charge in [-0.05, 0) is 44.2 Å². The van der Waals surface area contributed by atoms with Crippen LogP contribution in [0.5, 0.6) is 0 Å². The highest BCUT2D eigenvalue weighted by Gasteiger charge is 2.06. The second kappa shape index (κ2) is 8.08. The molecule has 23 heavy (non-hydrogen) atoms. The molecule has 0 unspecified atom stereocenters. The second-order valence-corrected chi connectivity index (χ2v) is 4.94. The zero-order valence-electron chi connectivity index (χ0n) is 13.3. The first-order chi connectivity index (χ1) is 11.2. The highest BCUT2D eigenvalue weighted by Crippen LogP contribution is 2.14. The van der Waals surface area contributed by atoms with Crippen molar-refractivity contribution in [2.75, 3.05) is 18.0 Å². The zero-order chi connectivity index (χ0) is 16.7. The molecule has 0 heterocycles. The van der Waals surface area contributed by atoms with Crippen molar-refractivity contribution in [3.8, 4) is 0 Å². The normalized spacial score (nSPS) is 10.7. The summed E-state index contributed by atoms with van der Waals surface area (Å²) >= 11 is 0. The number of rotatable bonds is 6. The molecule has 2 aromatic rings. The van der Waals surface area contributed by atoms with Gasteiger partial charge in [0.25, 0.3) is 5.91 Å². The van der Waals surface area contributed by atoms with Gasteiger partial charge in [0, 0.05) is 29.9 Å². The molecule has 0 radical (unpaired) electrons. The molecule has 1 amide bonds. The van der Waals surface area contributed by atoms with Crippen molar-refractivity contribution in [1.82, 2.24) is 5.43 Å². The van der Waals surface area contributed by atoms with Crippen molar-refractivity contribution in [1.29, 1.82) is 0 Å². The van der Waals surface area contributed by atoms with E-state index in [1.54, 1.807) is 30.3 Å². The SMILES string of the molecule is CCN(CC)c1ccc(C(=O)N/N=C\c2ccccc2F)cc1. The quantitative estimate of drug-likeness (QED) is 0.656. The summed E-state index contributed by atoms with van der Waals surface area (Å²) < 4.78 is 13.4. The van der Waals surface area contributed by atoms with Gasteiger partial charge >= 0.3 is 0 Å². The first-order valence-corrected chi connectivity index (χ1v) is 7.58. The van der Waals surface area contributed by atoms with Crippen LogP contribution < -0.4 is 10.3 Å². The van der Waals surface area contributed by atoms with E-state index in [4.69, 9.17) is 0 Å². The van der Waals surface area contributed by atoms with E-state index in [-0.39, 0.29) is 11.7 Å². The minimum absolute atomic E-state index is 0.324. The maximum atomic E-state index is 13.4. The Hall–Kier alpha value is -2.69.